The molecule has 1 aromatic heterocycles. The van der Waals surface area contributed by atoms with Crippen molar-refractivity contribution in [2.45, 2.75) is 25.8 Å². The van der Waals surface area contributed by atoms with Crippen molar-refractivity contribution in [1.82, 2.24) is 15.2 Å². The van der Waals surface area contributed by atoms with Crippen LogP contribution in [-0.2, 0) is 11.3 Å². The topological polar surface area (TPSA) is 45.2 Å². The highest BCUT2D eigenvalue weighted by molar-refractivity contribution is 5.79. The number of rotatable bonds is 2. The number of likely N-dealkylation sites (tertiary alicyclic amines) is 1. The number of hydrogen-bond acceptors (Lipinski definition) is 3. The maximum atomic E-state index is 12.1. The molecule has 1 amide bonds. The summed E-state index contributed by atoms with van der Waals surface area (Å²) in [4.78, 5) is 18.4. The quantitative estimate of drug-likeness (QED) is 0.851. The first-order valence-corrected chi connectivity index (χ1v) is 6.66. The molecule has 0 atom stereocenters. The first-order valence-electron chi connectivity index (χ1n) is 6.66. The van der Waals surface area contributed by atoms with Gasteiger partial charge in [0.2, 0.25) is 5.91 Å². The van der Waals surface area contributed by atoms with E-state index in [9.17, 15) is 4.79 Å². The van der Waals surface area contributed by atoms with E-state index in [1.165, 1.54) is 0 Å². The summed E-state index contributed by atoms with van der Waals surface area (Å²) in [6, 6.07) is 5.87. The molecule has 2 fully saturated rings. The number of pyridine rings is 1. The van der Waals surface area contributed by atoms with Gasteiger partial charge in [-0.15, -0.1) is 0 Å². The van der Waals surface area contributed by atoms with E-state index in [4.69, 9.17) is 0 Å². The first kappa shape index (κ1) is 11.7. The molecule has 4 nitrogen and oxygen atoms in total. The maximum absolute atomic E-state index is 12.1. The van der Waals surface area contributed by atoms with Gasteiger partial charge < -0.3 is 10.2 Å². The Morgan fingerprint density at radius 2 is 2.17 bits per heavy atom. The summed E-state index contributed by atoms with van der Waals surface area (Å²) in [6.45, 7) is 3.66. The normalized spacial score (nSPS) is 22.7. The highest BCUT2D eigenvalue weighted by Gasteiger charge is 2.43. The van der Waals surface area contributed by atoms with Gasteiger partial charge in [-0.2, -0.15) is 0 Å². The zero-order chi connectivity index (χ0) is 12.4. The smallest absolute Gasteiger partial charge is 0.223 e. The zero-order valence-corrected chi connectivity index (χ0v) is 10.6. The van der Waals surface area contributed by atoms with Gasteiger partial charge in [0.15, 0.2) is 0 Å². The summed E-state index contributed by atoms with van der Waals surface area (Å²) in [5.74, 6) is 0.294. The largest absolute Gasteiger partial charge is 0.336 e. The highest BCUT2D eigenvalue weighted by atomic mass is 16.2. The van der Waals surface area contributed by atoms with E-state index in [2.05, 4.69) is 10.3 Å². The van der Waals surface area contributed by atoms with Crippen LogP contribution in [0.15, 0.2) is 24.4 Å². The van der Waals surface area contributed by atoms with Gasteiger partial charge in [-0.3, -0.25) is 9.78 Å². The van der Waals surface area contributed by atoms with E-state index in [0.717, 1.165) is 44.6 Å². The predicted molar refractivity (Wildman–Crippen MR) is 68.8 cm³/mol. The van der Waals surface area contributed by atoms with Crippen molar-refractivity contribution in [3.63, 3.8) is 0 Å². The molecule has 2 aliphatic heterocycles. The molecule has 0 radical (unpaired) electrons. The van der Waals surface area contributed by atoms with Crippen LogP contribution in [0.4, 0.5) is 0 Å². The minimum atomic E-state index is 0.233. The minimum Gasteiger partial charge on any atom is -0.336 e. The van der Waals surface area contributed by atoms with Crippen LogP contribution in [0, 0.1) is 5.41 Å². The SMILES string of the molecule is O=C1CC2(CCNCC2)CN1Cc1ccccn1. The zero-order valence-electron chi connectivity index (χ0n) is 10.6. The number of hydrogen-bond donors (Lipinski definition) is 1. The summed E-state index contributed by atoms with van der Waals surface area (Å²) in [5.41, 5.74) is 1.22. The lowest BCUT2D eigenvalue weighted by Crippen LogP contribution is -2.38. The van der Waals surface area contributed by atoms with Gasteiger partial charge in [-0.1, -0.05) is 6.07 Å². The lowest BCUT2D eigenvalue weighted by atomic mass is 9.78. The maximum Gasteiger partial charge on any atom is 0.223 e. The predicted octanol–water partition coefficient (Wildman–Crippen LogP) is 1.18. The average Bonchev–Trinajstić information content (AvgIpc) is 2.68. The second kappa shape index (κ2) is 4.69. The van der Waals surface area contributed by atoms with Crippen LogP contribution in [0.25, 0.3) is 0 Å². The molecule has 0 saturated carbocycles. The monoisotopic (exact) mass is 245 g/mol. The molecule has 0 bridgehead atoms. The molecule has 0 unspecified atom stereocenters. The molecule has 4 heteroatoms. The summed E-state index contributed by atoms with van der Waals surface area (Å²) >= 11 is 0. The molecular formula is C14H19N3O. The van der Waals surface area contributed by atoms with Crippen LogP contribution in [-0.4, -0.2) is 35.4 Å². The Labute approximate surface area is 107 Å². The first-order chi connectivity index (χ1) is 8.77. The van der Waals surface area contributed by atoms with E-state index < -0.39 is 0 Å². The minimum absolute atomic E-state index is 0.233. The summed E-state index contributed by atoms with van der Waals surface area (Å²) in [7, 11) is 0. The van der Waals surface area contributed by atoms with Gasteiger partial charge >= 0.3 is 0 Å². The van der Waals surface area contributed by atoms with Gasteiger partial charge in [0.05, 0.1) is 12.2 Å². The van der Waals surface area contributed by atoms with Crippen LogP contribution < -0.4 is 5.32 Å². The third-order valence-corrected chi connectivity index (χ3v) is 4.15. The molecule has 0 aromatic carbocycles. The van der Waals surface area contributed by atoms with Crippen molar-refractivity contribution in [3.05, 3.63) is 30.1 Å². The van der Waals surface area contributed by atoms with E-state index in [-0.39, 0.29) is 5.41 Å². The lowest BCUT2D eigenvalue weighted by Gasteiger charge is -2.33. The van der Waals surface area contributed by atoms with Gasteiger partial charge in [0.25, 0.3) is 0 Å². The molecule has 96 valence electrons. The molecule has 2 aliphatic rings. The number of carbonyl (C=O) groups is 1. The second-order valence-electron chi connectivity index (χ2n) is 5.50. The van der Waals surface area contributed by atoms with E-state index in [1.54, 1.807) is 6.20 Å². The van der Waals surface area contributed by atoms with Crippen molar-refractivity contribution >= 4 is 5.91 Å². The fraction of sp³-hybridized carbons (Fsp3) is 0.571. The molecule has 18 heavy (non-hydrogen) atoms. The highest BCUT2D eigenvalue weighted by Crippen LogP contribution is 2.39. The van der Waals surface area contributed by atoms with E-state index in [1.807, 2.05) is 23.1 Å². The lowest BCUT2D eigenvalue weighted by molar-refractivity contribution is -0.128. The molecule has 1 aromatic rings. The van der Waals surface area contributed by atoms with Gasteiger partial charge in [0.1, 0.15) is 0 Å². The van der Waals surface area contributed by atoms with Crippen molar-refractivity contribution < 1.29 is 4.79 Å². The number of amides is 1. The number of piperidine rings is 1. The average molecular weight is 245 g/mol. The molecule has 2 saturated heterocycles. The molecule has 0 aliphatic carbocycles. The summed E-state index contributed by atoms with van der Waals surface area (Å²) in [5, 5.41) is 3.37. The Kier molecular flexibility index (Phi) is 3.04. The van der Waals surface area contributed by atoms with Crippen LogP contribution in [0.2, 0.25) is 0 Å². The Balaban J connectivity index is 1.69. The van der Waals surface area contributed by atoms with E-state index >= 15 is 0 Å². The Hall–Kier alpha value is -1.42. The molecular weight excluding hydrogens is 226 g/mol. The standard InChI is InChI=1S/C14H19N3O/c18-13-9-14(4-7-15-8-5-14)11-17(13)10-12-3-1-2-6-16-12/h1-3,6,15H,4-5,7-11H2. The molecule has 1 spiro atoms. The molecule has 3 heterocycles. The van der Waals surface area contributed by atoms with Crippen LogP contribution >= 0.6 is 0 Å². The molecule has 3 rings (SSSR count). The summed E-state index contributed by atoms with van der Waals surface area (Å²) in [6.07, 6.45) is 4.76. The second-order valence-corrected chi connectivity index (χ2v) is 5.50. The van der Waals surface area contributed by atoms with Crippen LogP contribution in [0.3, 0.4) is 0 Å². The molecule has 1 N–H and O–H groups in total. The number of nitrogens with zero attached hydrogens (tertiary/aromatic N) is 2. The van der Waals surface area contributed by atoms with Crippen LogP contribution in [0.1, 0.15) is 25.0 Å². The van der Waals surface area contributed by atoms with Crippen molar-refractivity contribution in [1.29, 1.82) is 0 Å². The Morgan fingerprint density at radius 3 is 2.89 bits per heavy atom. The Bertz CT molecular complexity index is 426. The fourth-order valence-corrected chi connectivity index (χ4v) is 3.10. The fourth-order valence-electron chi connectivity index (χ4n) is 3.10. The number of nitrogens with one attached hydrogen (secondary N) is 1. The van der Waals surface area contributed by atoms with Crippen molar-refractivity contribution in [2.24, 2.45) is 5.41 Å². The number of aromatic nitrogens is 1. The van der Waals surface area contributed by atoms with Crippen molar-refractivity contribution in [3.8, 4) is 0 Å². The third-order valence-electron chi connectivity index (χ3n) is 4.15. The van der Waals surface area contributed by atoms with E-state index in [0.29, 0.717) is 12.5 Å². The van der Waals surface area contributed by atoms with Gasteiger partial charge in [-0.05, 0) is 43.5 Å². The van der Waals surface area contributed by atoms with Crippen molar-refractivity contribution in [2.75, 3.05) is 19.6 Å². The van der Waals surface area contributed by atoms with Crippen LogP contribution in [0.5, 0.6) is 0 Å². The van der Waals surface area contributed by atoms with Gasteiger partial charge in [-0.25, -0.2) is 0 Å². The number of carbonyl (C=O) groups excluding carboxylic acids is 1. The Morgan fingerprint density at radius 1 is 1.33 bits per heavy atom. The summed E-state index contributed by atoms with van der Waals surface area (Å²) < 4.78 is 0. The third kappa shape index (κ3) is 2.25. The van der Waals surface area contributed by atoms with Gasteiger partial charge in [0, 0.05) is 19.2 Å².